The normalized spacial score (nSPS) is 16.5. The second-order valence-electron chi connectivity index (χ2n) is 7.17. The molecule has 6 nitrogen and oxygen atoms in total. The van der Waals surface area contributed by atoms with Crippen molar-refractivity contribution in [2.75, 3.05) is 0 Å². The zero-order valence-electron chi connectivity index (χ0n) is 15.4. The number of ether oxygens (including phenoxy) is 1. The molecule has 0 amide bonds. The Bertz CT molecular complexity index is 991. The highest BCUT2D eigenvalue weighted by Gasteiger charge is 2.35. The largest absolute Gasteiger partial charge is 0.476 e. The van der Waals surface area contributed by atoms with Gasteiger partial charge in [-0.2, -0.15) is 0 Å². The van der Waals surface area contributed by atoms with Gasteiger partial charge in [0.1, 0.15) is 5.75 Å². The molecule has 2 aromatic carbocycles. The van der Waals surface area contributed by atoms with Gasteiger partial charge in [0.05, 0.1) is 0 Å². The molecule has 0 radical (unpaired) electrons. The number of nitrogens with one attached hydrogen (secondary N) is 1. The molecule has 1 saturated carbocycles. The van der Waals surface area contributed by atoms with Gasteiger partial charge in [-0.1, -0.05) is 41.6 Å². The van der Waals surface area contributed by atoms with Crippen LogP contribution < -0.4 is 4.74 Å². The lowest BCUT2D eigenvalue weighted by Gasteiger charge is -2.28. The highest BCUT2D eigenvalue weighted by molar-refractivity contribution is 5.87. The van der Waals surface area contributed by atoms with Crippen molar-refractivity contribution >= 4 is 5.97 Å². The first-order valence-corrected chi connectivity index (χ1v) is 9.32. The van der Waals surface area contributed by atoms with E-state index >= 15 is 0 Å². The monoisotopic (exact) mass is 399 g/mol. The number of carboxylic acids is 1. The quantitative estimate of drug-likeness (QED) is 0.611. The van der Waals surface area contributed by atoms with Gasteiger partial charge in [0.2, 0.25) is 11.6 Å². The number of H-pyrrole nitrogens is 1. The summed E-state index contributed by atoms with van der Waals surface area (Å²) in [5, 5.41) is 18.3. The van der Waals surface area contributed by atoms with E-state index in [1.165, 1.54) is 0 Å². The van der Waals surface area contributed by atoms with Crippen LogP contribution in [0.5, 0.6) is 11.6 Å². The van der Waals surface area contributed by atoms with Gasteiger partial charge in [0.15, 0.2) is 0 Å². The van der Waals surface area contributed by atoms with Crippen molar-refractivity contribution in [2.24, 2.45) is 0 Å². The molecule has 4 rings (SSSR count). The average Bonchev–Trinajstić information content (AvgIpc) is 3.17. The molecule has 2 N–H and O–H groups in total. The molecule has 0 aliphatic heterocycles. The number of rotatable bonds is 5. The molecule has 0 unspecified atom stereocenters. The number of aromatic amines is 1. The molecule has 29 heavy (non-hydrogen) atoms. The SMILES string of the molecule is O=C(O)c1nn[nH]c1Oc1ccc(-c2ccc(C3CCC(F)(F)CC3)cc2)cc1. The van der Waals surface area contributed by atoms with E-state index in [4.69, 9.17) is 9.84 Å². The summed E-state index contributed by atoms with van der Waals surface area (Å²) in [7, 11) is 0. The highest BCUT2D eigenvalue weighted by atomic mass is 19.3. The molecule has 1 aliphatic rings. The Kier molecular flexibility index (Phi) is 5.00. The van der Waals surface area contributed by atoms with Crippen LogP contribution >= 0.6 is 0 Å². The van der Waals surface area contributed by atoms with Gasteiger partial charge in [0.25, 0.3) is 5.88 Å². The predicted octanol–water partition coefficient (Wildman–Crippen LogP) is 5.26. The van der Waals surface area contributed by atoms with Gasteiger partial charge < -0.3 is 9.84 Å². The summed E-state index contributed by atoms with van der Waals surface area (Å²) in [5.41, 5.74) is 2.76. The van der Waals surface area contributed by atoms with Crippen LogP contribution in [-0.2, 0) is 0 Å². The van der Waals surface area contributed by atoms with Crippen molar-refractivity contribution in [3.05, 3.63) is 59.8 Å². The topological polar surface area (TPSA) is 88.1 Å². The minimum Gasteiger partial charge on any atom is -0.476 e. The second kappa shape index (κ2) is 7.62. The molecule has 1 fully saturated rings. The van der Waals surface area contributed by atoms with Crippen LogP contribution in [0.3, 0.4) is 0 Å². The third-order valence-electron chi connectivity index (χ3n) is 5.23. The minimum atomic E-state index is -2.52. The molecule has 1 aromatic heterocycles. The minimum absolute atomic E-state index is 0.0346. The maximum absolute atomic E-state index is 13.3. The maximum Gasteiger partial charge on any atom is 0.362 e. The molecule has 0 saturated heterocycles. The van der Waals surface area contributed by atoms with Crippen molar-refractivity contribution < 1.29 is 23.4 Å². The fraction of sp³-hybridized carbons (Fsp3) is 0.286. The van der Waals surface area contributed by atoms with Crippen LogP contribution in [0.1, 0.15) is 47.7 Å². The summed E-state index contributed by atoms with van der Waals surface area (Å²) in [6.07, 6.45) is 0.936. The number of hydrogen-bond acceptors (Lipinski definition) is 4. The number of aromatic nitrogens is 3. The van der Waals surface area contributed by atoms with E-state index in [-0.39, 0.29) is 30.3 Å². The van der Waals surface area contributed by atoms with Gasteiger partial charge in [-0.3, -0.25) is 0 Å². The number of carbonyl (C=O) groups is 1. The Balaban J connectivity index is 1.44. The van der Waals surface area contributed by atoms with Crippen molar-refractivity contribution in [1.82, 2.24) is 15.4 Å². The standard InChI is InChI=1S/C21H19F2N3O3/c22-21(23)11-9-16(10-12-21)14-3-1-13(2-4-14)15-5-7-17(8-6-15)29-19-18(20(27)28)24-26-25-19/h1-8,16H,9-12H2,(H,27,28)(H,24,25,26). The predicted molar refractivity (Wildman–Crippen MR) is 101 cm³/mol. The fourth-order valence-corrected chi connectivity index (χ4v) is 3.58. The van der Waals surface area contributed by atoms with Crippen LogP contribution in [0.15, 0.2) is 48.5 Å². The Morgan fingerprint density at radius 3 is 2.21 bits per heavy atom. The summed E-state index contributed by atoms with van der Waals surface area (Å²) < 4.78 is 32.2. The highest BCUT2D eigenvalue weighted by Crippen LogP contribution is 2.41. The average molecular weight is 399 g/mol. The summed E-state index contributed by atoms with van der Waals surface area (Å²) >= 11 is 0. The van der Waals surface area contributed by atoms with Gasteiger partial charge in [-0.15, -0.1) is 5.10 Å². The van der Waals surface area contributed by atoms with Crippen LogP contribution in [0.25, 0.3) is 11.1 Å². The van der Waals surface area contributed by atoms with Gasteiger partial charge in [-0.05, 0) is 47.6 Å². The Labute approximate surface area is 165 Å². The Morgan fingerprint density at radius 2 is 1.62 bits per heavy atom. The molecule has 3 aromatic rings. The number of halogens is 2. The first-order valence-electron chi connectivity index (χ1n) is 9.32. The van der Waals surface area contributed by atoms with Crippen LogP contribution in [0.4, 0.5) is 8.78 Å². The molecule has 0 spiro atoms. The van der Waals surface area contributed by atoms with E-state index in [9.17, 15) is 13.6 Å². The lowest BCUT2D eigenvalue weighted by atomic mass is 9.82. The molecule has 8 heteroatoms. The number of nitrogens with zero attached hydrogens (tertiary/aromatic N) is 2. The van der Waals surface area contributed by atoms with Crippen molar-refractivity contribution in [2.45, 2.75) is 37.5 Å². The Hall–Kier alpha value is -3.29. The summed E-state index contributed by atoms with van der Waals surface area (Å²) in [6.45, 7) is 0. The third-order valence-corrected chi connectivity index (χ3v) is 5.23. The lowest BCUT2D eigenvalue weighted by molar-refractivity contribution is -0.0382. The molecular weight excluding hydrogens is 380 g/mol. The van der Waals surface area contributed by atoms with E-state index in [2.05, 4.69) is 15.4 Å². The smallest absolute Gasteiger partial charge is 0.362 e. The number of benzene rings is 2. The van der Waals surface area contributed by atoms with E-state index < -0.39 is 11.9 Å². The van der Waals surface area contributed by atoms with E-state index in [1.807, 2.05) is 36.4 Å². The van der Waals surface area contributed by atoms with Crippen molar-refractivity contribution in [1.29, 1.82) is 0 Å². The summed E-state index contributed by atoms with van der Waals surface area (Å²) in [6, 6.07) is 15.1. The molecule has 150 valence electrons. The second-order valence-corrected chi connectivity index (χ2v) is 7.17. The number of hydrogen-bond donors (Lipinski definition) is 2. The van der Waals surface area contributed by atoms with Gasteiger partial charge in [0, 0.05) is 12.8 Å². The fourth-order valence-electron chi connectivity index (χ4n) is 3.58. The first-order chi connectivity index (χ1) is 13.9. The molecular formula is C21H19F2N3O3. The first kappa shape index (κ1) is 19.0. The lowest BCUT2D eigenvalue weighted by Crippen LogP contribution is -2.23. The number of alkyl halides is 2. The van der Waals surface area contributed by atoms with E-state index in [0.29, 0.717) is 18.6 Å². The van der Waals surface area contributed by atoms with Crippen molar-refractivity contribution in [3.63, 3.8) is 0 Å². The van der Waals surface area contributed by atoms with Crippen LogP contribution in [0, 0.1) is 0 Å². The van der Waals surface area contributed by atoms with Crippen LogP contribution in [-0.4, -0.2) is 32.4 Å². The summed E-state index contributed by atoms with van der Waals surface area (Å²) in [4.78, 5) is 11.0. The van der Waals surface area contributed by atoms with Gasteiger partial charge >= 0.3 is 5.97 Å². The van der Waals surface area contributed by atoms with Crippen molar-refractivity contribution in [3.8, 4) is 22.8 Å². The third kappa shape index (κ3) is 4.26. The summed E-state index contributed by atoms with van der Waals surface area (Å²) in [5.74, 6) is -3.15. The zero-order valence-corrected chi connectivity index (χ0v) is 15.4. The molecule has 0 atom stereocenters. The Morgan fingerprint density at radius 1 is 1.03 bits per heavy atom. The van der Waals surface area contributed by atoms with E-state index in [1.54, 1.807) is 12.1 Å². The molecule has 1 heterocycles. The molecule has 0 bridgehead atoms. The van der Waals surface area contributed by atoms with E-state index in [0.717, 1.165) is 16.7 Å². The maximum atomic E-state index is 13.3. The number of carboxylic acid groups (broad SMARTS) is 1. The van der Waals surface area contributed by atoms with Crippen LogP contribution in [0.2, 0.25) is 0 Å². The zero-order chi connectivity index (χ0) is 20.4. The van der Waals surface area contributed by atoms with Gasteiger partial charge in [-0.25, -0.2) is 18.7 Å². The number of aromatic carboxylic acids is 1. The molecule has 1 aliphatic carbocycles.